The van der Waals surface area contributed by atoms with Gasteiger partial charge >= 0.3 is 0 Å². The molecule has 0 aliphatic carbocycles. The molecular formula is C13H21NO2. The van der Waals surface area contributed by atoms with Crippen molar-refractivity contribution in [2.24, 2.45) is 5.73 Å². The lowest BCUT2D eigenvalue weighted by atomic mass is 10.1. The number of aliphatic hydroxyl groups is 1. The highest BCUT2D eigenvalue weighted by Crippen LogP contribution is 2.26. The molecular weight excluding hydrogens is 202 g/mol. The first-order valence-electron chi connectivity index (χ1n) is 5.62. The minimum Gasteiger partial charge on any atom is -0.488 e. The molecule has 0 saturated carbocycles. The van der Waals surface area contributed by atoms with Crippen LogP contribution in [0.5, 0.6) is 5.75 Å². The summed E-state index contributed by atoms with van der Waals surface area (Å²) in [4.78, 5) is 0. The fourth-order valence-corrected chi connectivity index (χ4v) is 1.42. The highest BCUT2D eigenvalue weighted by molar-refractivity contribution is 5.39. The number of benzene rings is 1. The van der Waals surface area contributed by atoms with Gasteiger partial charge in [0.05, 0.1) is 6.10 Å². The number of ether oxygens (including phenoxy) is 1. The van der Waals surface area contributed by atoms with Crippen molar-refractivity contribution in [2.45, 2.75) is 45.9 Å². The Kier molecular flexibility index (Phi) is 4.33. The molecule has 90 valence electrons. The summed E-state index contributed by atoms with van der Waals surface area (Å²) in [5.74, 6) is 0.767. The van der Waals surface area contributed by atoms with E-state index in [9.17, 15) is 5.11 Å². The van der Waals surface area contributed by atoms with Crippen LogP contribution in [0.15, 0.2) is 18.2 Å². The first-order chi connectivity index (χ1) is 7.41. The zero-order valence-electron chi connectivity index (χ0n) is 10.4. The van der Waals surface area contributed by atoms with E-state index in [4.69, 9.17) is 10.5 Å². The van der Waals surface area contributed by atoms with E-state index < -0.39 is 6.10 Å². The number of nitrogens with two attached hydrogens (primary N) is 1. The summed E-state index contributed by atoms with van der Waals surface area (Å²) >= 11 is 0. The van der Waals surface area contributed by atoms with Crippen molar-refractivity contribution in [1.82, 2.24) is 0 Å². The first kappa shape index (κ1) is 13.0. The second kappa shape index (κ2) is 5.32. The molecule has 0 fully saturated rings. The van der Waals surface area contributed by atoms with Crippen molar-refractivity contribution in [1.29, 1.82) is 0 Å². The molecule has 1 aromatic carbocycles. The Balaban J connectivity index is 2.96. The Labute approximate surface area is 97.2 Å². The van der Waals surface area contributed by atoms with Crippen molar-refractivity contribution in [3.8, 4) is 5.75 Å². The van der Waals surface area contributed by atoms with Gasteiger partial charge in [-0.1, -0.05) is 12.1 Å². The smallest absolute Gasteiger partial charge is 0.124 e. The summed E-state index contributed by atoms with van der Waals surface area (Å²) in [6.07, 6.45) is -0.735. The van der Waals surface area contributed by atoms with Gasteiger partial charge in [-0.05, 0) is 39.3 Å². The van der Waals surface area contributed by atoms with E-state index in [1.54, 1.807) is 6.92 Å². The van der Waals surface area contributed by atoms with Crippen LogP contribution < -0.4 is 10.5 Å². The van der Waals surface area contributed by atoms with Crippen LogP contribution in [0.3, 0.4) is 0 Å². The molecule has 0 heterocycles. The molecule has 0 saturated heterocycles. The third-order valence-corrected chi connectivity index (χ3v) is 2.65. The second-order valence-corrected chi connectivity index (χ2v) is 4.39. The minimum absolute atomic E-state index is 0.0724. The molecule has 0 aromatic heterocycles. The molecule has 0 amide bonds. The van der Waals surface area contributed by atoms with Crippen LogP contribution in [0.25, 0.3) is 0 Å². The molecule has 3 heteroatoms. The number of hydrogen-bond acceptors (Lipinski definition) is 3. The van der Waals surface area contributed by atoms with Gasteiger partial charge in [-0.3, -0.25) is 0 Å². The van der Waals surface area contributed by atoms with E-state index in [2.05, 4.69) is 0 Å². The van der Waals surface area contributed by atoms with E-state index in [1.165, 1.54) is 0 Å². The highest BCUT2D eigenvalue weighted by atomic mass is 16.5. The van der Waals surface area contributed by atoms with Gasteiger partial charge in [0.1, 0.15) is 11.9 Å². The van der Waals surface area contributed by atoms with Gasteiger partial charge < -0.3 is 15.6 Å². The van der Waals surface area contributed by atoms with Crippen molar-refractivity contribution in [2.75, 3.05) is 0 Å². The highest BCUT2D eigenvalue weighted by Gasteiger charge is 2.14. The fraction of sp³-hybridized carbons (Fsp3) is 0.538. The van der Waals surface area contributed by atoms with Gasteiger partial charge in [0, 0.05) is 11.6 Å². The normalized spacial score (nSPS) is 16.6. The Morgan fingerprint density at radius 2 is 1.88 bits per heavy atom. The number of aryl methyl sites for hydroxylation is 1. The molecule has 0 aliphatic rings. The molecule has 1 aromatic rings. The predicted octanol–water partition coefficient (Wildman–Crippen LogP) is 2.16. The molecule has 0 aliphatic heterocycles. The summed E-state index contributed by atoms with van der Waals surface area (Å²) in [7, 11) is 0. The Morgan fingerprint density at radius 3 is 2.38 bits per heavy atom. The standard InChI is InChI=1S/C13H21NO2/c1-8-5-6-12(9(2)14)13(7-8)16-11(4)10(3)15/h5-7,9-11,15H,14H2,1-4H3/t9-,10?,11?/m1/s1. The lowest BCUT2D eigenvalue weighted by Crippen LogP contribution is -2.26. The van der Waals surface area contributed by atoms with Crippen LogP contribution in [-0.2, 0) is 0 Å². The van der Waals surface area contributed by atoms with Gasteiger partial charge in [-0.2, -0.15) is 0 Å². The quantitative estimate of drug-likeness (QED) is 0.822. The SMILES string of the molecule is Cc1ccc([C@@H](C)N)c(OC(C)C(C)O)c1. The summed E-state index contributed by atoms with van der Waals surface area (Å²) in [5.41, 5.74) is 7.97. The molecule has 0 radical (unpaired) electrons. The summed E-state index contributed by atoms with van der Waals surface area (Å²) in [6, 6.07) is 5.87. The fourth-order valence-electron chi connectivity index (χ4n) is 1.42. The zero-order chi connectivity index (χ0) is 12.3. The lowest BCUT2D eigenvalue weighted by molar-refractivity contribution is 0.0596. The van der Waals surface area contributed by atoms with E-state index >= 15 is 0 Å². The van der Waals surface area contributed by atoms with Gasteiger partial charge in [0.15, 0.2) is 0 Å². The van der Waals surface area contributed by atoms with Crippen molar-refractivity contribution < 1.29 is 9.84 Å². The third kappa shape index (κ3) is 3.22. The molecule has 0 bridgehead atoms. The predicted molar refractivity (Wildman–Crippen MR) is 65.6 cm³/mol. The third-order valence-electron chi connectivity index (χ3n) is 2.65. The Hall–Kier alpha value is -1.06. The first-order valence-corrected chi connectivity index (χ1v) is 5.62. The average Bonchev–Trinajstić information content (AvgIpc) is 2.16. The topological polar surface area (TPSA) is 55.5 Å². The van der Waals surface area contributed by atoms with Gasteiger partial charge in [-0.15, -0.1) is 0 Å². The largest absolute Gasteiger partial charge is 0.488 e. The van der Waals surface area contributed by atoms with Gasteiger partial charge in [0.2, 0.25) is 0 Å². The van der Waals surface area contributed by atoms with Crippen molar-refractivity contribution >= 4 is 0 Å². The molecule has 3 N–H and O–H groups in total. The molecule has 3 nitrogen and oxygen atoms in total. The lowest BCUT2D eigenvalue weighted by Gasteiger charge is -2.21. The van der Waals surface area contributed by atoms with E-state index in [-0.39, 0.29) is 12.1 Å². The summed E-state index contributed by atoms with van der Waals surface area (Å²) in [6.45, 7) is 7.49. The maximum Gasteiger partial charge on any atom is 0.124 e. The monoisotopic (exact) mass is 223 g/mol. The Morgan fingerprint density at radius 1 is 1.25 bits per heavy atom. The van der Waals surface area contributed by atoms with Gasteiger partial charge in [0.25, 0.3) is 0 Å². The van der Waals surface area contributed by atoms with Crippen LogP contribution in [0.4, 0.5) is 0 Å². The van der Waals surface area contributed by atoms with Crippen LogP contribution in [0, 0.1) is 6.92 Å². The molecule has 1 rings (SSSR count). The minimum atomic E-state index is -0.499. The molecule has 16 heavy (non-hydrogen) atoms. The van der Waals surface area contributed by atoms with E-state index in [1.807, 2.05) is 39.0 Å². The molecule has 3 atom stereocenters. The molecule has 2 unspecified atom stereocenters. The van der Waals surface area contributed by atoms with Crippen LogP contribution in [-0.4, -0.2) is 17.3 Å². The number of hydrogen-bond donors (Lipinski definition) is 2. The van der Waals surface area contributed by atoms with Gasteiger partial charge in [-0.25, -0.2) is 0 Å². The van der Waals surface area contributed by atoms with Crippen molar-refractivity contribution in [3.63, 3.8) is 0 Å². The maximum atomic E-state index is 9.42. The number of rotatable bonds is 4. The van der Waals surface area contributed by atoms with Crippen LogP contribution in [0.1, 0.15) is 37.9 Å². The second-order valence-electron chi connectivity index (χ2n) is 4.39. The van der Waals surface area contributed by atoms with Crippen LogP contribution >= 0.6 is 0 Å². The average molecular weight is 223 g/mol. The van der Waals surface area contributed by atoms with E-state index in [0.29, 0.717) is 0 Å². The zero-order valence-corrected chi connectivity index (χ0v) is 10.4. The Bertz CT molecular complexity index is 348. The number of aliphatic hydroxyl groups excluding tert-OH is 1. The summed E-state index contributed by atoms with van der Waals surface area (Å²) < 4.78 is 5.72. The van der Waals surface area contributed by atoms with Crippen molar-refractivity contribution in [3.05, 3.63) is 29.3 Å². The van der Waals surface area contributed by atoms with Crippen LogP contribution in [0.2, 0.25) is 0 Å². The molecule has 0 spiro atoms. The summed E-state index contributed by atoms with van der Waals surface area (Å²) in [5, 5.41) is 9.42. The maximum absolute atomic E-state index is 9.42. The van der Waals surface area contributed by atoms with E-state index in [0.717, 1.165) is 16.9 Å².